The molecular weight excluding hydrogens is 350 g/mol. The Morgan fingerprint density at radius 1 is 1.33 bits per heavy atom. The molecule has 6 nitrogen and oxygen atoms in total. The van der Waals surface area contributed by atoms with Crippen LogP contribution in [0.4, 0.5) is 11.4 Å². The van der Waals surface area contributed by atoms with Crippen LogP contribution in [0.2, 0.25) is 5.02 Å². The first kappa shape index (κ1) is 18.0. The number of halogens is 1. The van der Waals surface area contributed by atoms with Gasteiger partial charge >= 0.3 is 0 Å². The van der Waals surface area contributed by atoms with Crippen LogP contribution in [0.5, 0.6) is 5.75 Å². The Bertz CT molecular complexity index is 770. The molecule has 0 amide bonds. The number of nitrogens with one attached hydrogen (secondary N) is 2. The van der Waals surface area contributed by atoms with Crippen LogP contribution in [0.15, 0.2) is 42.5 Å². The van der Waals surface area contributed by atoms with Gasteiger partial charge in [-0.05, 0) is 31.3 Å². The molecule has 0 bridgehead atoms. The normalized spacial score (nSPS) is 11.5. The van der Waals surface area contributed by atoms with Gasteiger partial charge in [-0.2, -0.15) is 0 Å². The first-order chi connectivity index (χ1) is 11.4. The lowest BCUT2D eigenvalue weighted by Crippen LogP contribution is -2.31. The van der Waals surface area contributed by atoms with Crippen LogP contribution < -0.4 is 15.4 Å². The summed E-state index contributed by atoms with van der Waals surface area (Å²) in [6, 6.07) is 11.6. The van der Waals surface area contributed by atoms with Crippen LogP contribution in [0.3, 0.4) is 0 Å². The number of benzene rings is 2. The lowest BCUT2D eigenvalue weighted by molar-refractivity contribution is -0.384. The van der Waals surface area contributed by atoms with Crippen LogP contribution in [0, 0.1) is 10.1 Å². The average Bonchev–Trinajstić information content (AvgIpc) is 2.56. The van der Waals surface area contributed by atoms with E-state index in [0.717, 1.165) is 11.3 Å². The molecule has 126 valence electrons. The summed E-state index contributed by atoms with van der Waals surface area (Å²) in [5, 5.41) is 17.5. The lowest BCUT2D eigenvalue weighted by Gasteiger charge is -2.19. The Morgan fingerprint density at radius 2 is 2.04 bits per heavy atom. The van der Waals surface area contributed by atoms with Gasteiger partial charge in [0.05, 0.1) is 28.8 Å². The van der Waals surface area contributed by atoms with Crippen molar-refractivity contribution in [3.05, 3.63) is 63.2 Å². The summed E-state index contributed by atoms with van der Waals surface area (Å²) in [5.41, 5.74) is 1.24. The number of thiocarbonyl (C=S) groups is 1. The second kappa shape index (κ2) is 7.94. The third-order valence-corrected chi connectivity index (χ3v) is 3.91. The highest BCUT2D eigenvalue weighted by atomic mass is 35.5. The largest absolute Gasteiger partial charge is 0.496 e. The lowest BCUT2D eigenvalue weighted by atomic mass is 10.1. The highest BCUT2D eigenvalue weighted by Crippen LogP contribution is 2.27. The highest BCUT2D eigenvalue weighted by Gasteiger charge is 2.14. The van der Waals surface area contributed by atoms with Crippen LogP contribution in [-0.2, 0) is 0 Å². The minimum Gasteiger partial charge on any atom is -0.496 e. The summed E-state index contributed by atoms with van der Waals surface area (Å²) in [4.78, 5) is 10.4. The molecule has 0 aliphatic rings. The van der Waals surface area contributed by atoms with E-state index in [2.05, 4.69) is 10.6 Å². The molecule has 2 aromatic carbocycles. The summed E-state index contributed by atoms with van der Waals surface area (Å²) < 4.78 is 5.33. The molecule has 0 aromatic heterocycles. The number of ether oxygens (including phenoxy) is 1. The first-order valence-corrected chi connectivity index (χ1v) is 7.85. The Morgan fingerprint density at radius 3 is 2.71 bits per heavy atom. The van der Waals surface area contributed by atoms with Crippen LogP contribution in [0.1, 0.15) is 18.5 Å². The molecule has 24 heavy (non-hydrogen) atoms. The molecule has 0 saturated carbocycles. The number of anilines is 1. The van der Waals surface area contributed by atoms with E-state index in [-0.39, 0.29) is 11.7 Å². The number of hydrogen-bond acceptors (Lipinski definition) is 4. The van der Waals surface area contributed by atoms with Crippen LogP contribution in [-0.4, -0.2) is 17.1 Å². The zero-order chi connectivity index (χ0) is 17.7. The van der Waals surface area contributed by atoms with E-state index in [1.807, 2.05) is 31.2 Å². The predicted octanol–water partition coefficient (Wildman–Crippen LogP) is 4.30. The van der Waals surface area contributed by atoms with Crippen molar-refractivity contribution in [3.63, 3.8) is 0 Å². The second-order valence-corrected chi connectivity index (χ2v) is 5.80. The molecule has 1 atom stereocenters. The molecule has 0 radical (unpaired) electrons. The molecule has 0 aliphatic carbocycles. The number of nitro benzene ring substituents is 1. The summed E-state index contributed by atoms with van der Waals surface area (Å²) in [6.45, 7) is 1.93. The second-order valence-electron chi connectivity index (χ2n) is 4.98. The maximum atomic E-state index is 10.9. The number of methoxy groups -OCH3 is 1. The van der Waals surface area contributed by atoms with Crippen molar-refractivity contribution in [2.24, 2.45) is 0 Å². The van der Waals surface area contributed by atoms with Crippen LogP contribution in [0.25, 0.3) is 0 Å². The molecule has 0 spiro atoms. The van der Waals surface area contributed by atoms with E-state index in [1.54, 1.807) is 7.11 Å². The van der Waals surface area contributed by atoms with Crippen molar-refractivity contribution >= 4 is 40.3 Å². The molecule has 0 aliphatic heterocycles. The first-order valence-electron chi connectivity index (χ1n) is 7.06. The van der Waals surface area contributed by atoms with Crippen molar-refractivity contribution in [2.75, 3.05) is 12.4 Å². The van der Waals surface area contributed by atoms with Gasteiger partial charge in [0.25, 0.3) is 5.69 Å². The monoisotopic (exact) mass is 365 g/mol. The van der Waals surface area contributed by atoms with E-state index in [0.29, 0.717) is 15.8 Å². The van der Waals surface area contributed by atoms with Crippen molar-refractivity contribution in [2.45, 2.75) is 13.0 Å². The van der Waals surface area contributed by atoms with Gasteiger partial charge in [0.2, 0.25) is 0 Å². The number of nitro groups is 1. The molecular formula is C16H16ClN3O3S. The zero-order valence-electron chi connectivity index (χ0n) is 13.1. The minimum absolute atomic E-state index is 0.0672. The van der Waals surface area contributed by atoms with Gasteiger partial charge in [-0.25, -0.2) is 0 Å². The Labute approximate surface area is 149 Å². The van der Waals surface area contributed by atoms with E-state index >= 15 is 0 Å². The van der Waals surface area contributed by atoms with Crippen molar-refractivity contribution < 1.29 is 9.66 Å². The molecule has 0 saturated heterocycles. The number of rotatable bonds is 5. The Hall–Kier alpha value is -2.38. The standard InChI is InChI=1S/C16H16ClN3O3S/c1-10(12-5-3-4-6-15(12)23-2)18-16(24)19-14-9-11(20(21)22)7-8-13(14)17/h3-10H,1-2H3,(H2,18,19,24)/t10-/m0/s1. The van der Waals surface area contributed by atoms with Gasteiger partial charge in [0.1, 0.15) is 5.75 Å². The van der Waals surface area contributed by atoms with Gasteiger partial charge < -0.3 is 15.4 Å². The Balaban J connectivity index is 2.11. The molecule has 8 heteroatoms. The fourth-order valence-electron chi connectivity index (χ4n) is 2.18. The van der Waals surface area contributed by atoms with Gasteiger partial charge in [0.15, 0.2) is 5.11 Å². The molecule has 0 heterocycles. The predicted molar refractivity (Wildman–Crippen MR) is 98.9 cm³/mol. The summed E-state index contributed by atoms with van der Waals surface area (Å²) in [5.74, 6) is 0.744. The number of non-ortho nitro benzene ring substituents is 1. The molecule has 2 rings (SSSR count). The van der Waals surface area contributed by atoms with Crippen molar-refractivity contribution in [1.29, 1.82) is 0 Å². The fourth-order valence-corrected chi connectivity index (χ4v) is 2.63. The van der Waals surface area contributed by atoms with Crippen LogP contribution >= 0.6 is 23.8 Å². The van der Waals surface area contributed by atoms with E-state index in [1.165, 1.54) is 18.2 Å². The average molecular weight is 366 g/mol. The maximum absolute atomic E-state index is 10.9. The summed E-state index contributed by atoms with van der Waals surface area (Å²) in [6.07, 6.45) is 0. The van der Waals surface area contributed by atoms with Gasteiger partial charge in [-0.1, -0.05) is 29.8 Å². The number of hydrogen-bond donors (Lipinski definition) is 2. The zero-order valence-corrected chi connectivity index (χ0v) is 14.6. The summed E-state index contributed by atoms with van der Waals surface area (Å²) >= 11 is 11.3. The van der Waals surface area contributed by atoms with Gasteiger partial charge in [-0.15, -0.1) is 0 Å². The number of para-hydroxylation sites is 1. The third kappa shape index (κ3) is 4.33. The van der Waals surface area contributed by atoms with E-state index in [9.17, 15) is 10.1 Å². The van der Waals surface area contributed by atoms with E-state index in [4.69, 9.17) is 28.6 Å². The number of nitrogens with zero attached hydrogens (tertiary/aromatic N) is 1. The fraction of sp³-hybridized carbons (Fsp3) is 0.188. The van der Waals surface area contributed by atoms with Crippen molar-refractivity contribution in [3.8, 4) is 5.75 Å². The summed E-state index contributed by atoms with van der Waals surface area (Å²) in [7, 11) is 1.60. The smallest absolute Gasteiger partial charge is 0.271 e. The molecule has 2 aromatic rings. The highest BCUT2D eigenvalue weighted by molar-refractivity contribution is 7.80. The maximum Gasteiger partial charge on any atom is 0.271 e. The minimum atomic E-state index is -0.491. The van der Waals surface area contributed by atoms with Crippen molar-refractivity contribution in [1.82, 2.24) is 5.32 Å². The van der Waals surface area contributed by atoms with Gasteiger partial charge in [-0.3, -0.25) is 10.1 Å². The Kier molecular flexibility index (Phi) is 5.94. The molecule has 0 fully saturated rings. The molecule has 0 unspecified atom stereocenters. The molecule has 2 N–H and O–H groups in total. The quantitative estimate of drug-likeness (QED) is 0.467. The SMILES string of the molecule is COc1ccccc1[C@H](C)NC(=S)Nc1cc([N+](=O)[O-])ccc1Cl. The third-order valence-electron chi connectivity index (χ3n) is 3.36. The topological polar surface area (TPSA) is 76.4 Å². The van der Waals surface area contributed by atoms with E-state index < -0.39 is 4.92 Å². The van der Waals surface area contributed by atoms with Gasteiger partial charge in [0, 0.05) is 17.7 Å².